The number of hydrogen-bond acceptors (Lipinski definition) is 2. The van der Waals surface area contributed by atoms with Crippen molar-refractivity contribution in [1.29, 1.82) is 0 Å². The monoisotopic (exact) mass is 290 g/mol. The Morgan fingerprint density at radius 3 is 2.52 bits per heavy atom. The Morgan fingerprint density at radius 2 is 1.90 bits per heavy atom. The molecule has 0 aliphatic rings. The molecule has 0 saturated heterocycles. The van der Waals surface area contributed by atoms with E-state index in [-0.39, 0.29) is 0 Å². The number of nitrogens with one attached hydrogen (secondary N) is 2. The number of guanidine groups is 1. The normalized spacial score (nSPS) is 11.8. The van der Waals surface area contributed by atoms with Gasteiger partial charge < -0.3 is 15.5 Å². The van der Waals surface area contributed by atoms with Crippen molar-refractivity contribution in [3.63, 3.8) is 0 Å². The highest BCUT2D eigenvalue weighted by atomic mass is 15.2. The van der Waals surface area contributed by atoms with E-state index in [1.807, 2.05) is 7.05 Å². The Hall–Kier alpha value is -1.55. The Kier molecular flexibility index (Phi) is 8.51. The minimum Gasteiger partial charge on any atom is -0.355 e. The van der Waals surface area contributed by atoms with E-state index < -0.39 is 0 Å². The number of benzene rings is 1. The van der Waals surface area contributed by atoms with Gasteiger partial charge in [0.2, 0.25) is 0 Å². The van der Waals surface area contributed by atoms with Gasteiger partial charge in [-0.3, -0.25) is 4.99 Å². The molecule has 0 unspecified atom stereocenters. The van der Waals surface area contributed by atoms with Crippen molar-refractivity contribution in [3.05, 3.63) is 35.4 Å². The second-order valence-corrected chi connectivity index (χ2v) is 5.21. The van der Waals surface area contributed by atoms with Crippen molar-refractivity contribution in [2.75, 3.05) is 33.2 Å². The van der Waals surface area contributed by atoms with E-state index in [1.54, 1.807) is 0 Å². The first-order valence-electron chi connectivity index (χ1n) is 7.92. The average molecular weight is 290 g/mol. The molecule has 0 heterocycles. The number of aryl methyl sites for hydroxylation is 1. The topological polar surface area (TPSA) is 39.7 Å². The van der Waals surface area contributed by atoms with E-state index in [9.17, 15) is 0 Å². The molecule has 0 spiro atoms. The summed E-state index contributed by atoms with van der Waals surface area (Å²) >= 11 is 0. The van der Waals surface area contributed by atoms with Crippen molar-refractivity contribution in [1.82, 2.24) is 15.5 Å². The van der Waals surface area contributed by atoms with Gasteiger partial charge in [0.15, 0.2) is 5.96 Å². The fourth-order valence-electron chi connectivity index (χ4n) is 2.28. The Morgan fingerprint density at radius 1 is 1.14 bits per heavy atom. The molecule has 0 aromatic heterocycles. The van der Waals surface area contributed by atoms with Gasteiger partial charge in [0.25, 0.3) is 0 Å². The minimum absolute atomic E-state index is 0.804. The lowest BCUT2D eigenvalue weighted by Crippen LogP contribution is -2.41. The molecule has 2 N–H and O–H groups in total. The van der Waals surface area contributed by atoms with Gasteiger partial charge in [-0.05, 0) is 37.6 Å². The van der Waals surface area contributed by atoms with Crippen LogP contribution in [-0.2, 0) is 6.54 Å². The molecule has 1 aromatic rings. The summed E-state index contributed by atoms with van der Waals surface area (Å²) in [5.41, 5.74) is 2.61. The van der Waals surface area contributed by atoms with E-state index >= 15 is 0 Å². The summed E-state index contributed by atoms with van der Waals surface area (Å²) in [5.74, 6) is 0.866. The van der Waals surface area contributed by atoms with Crippen LogP contribution in [0.3, 0.4) is 0 Å². The highest BCUT2D eigenvalue weighted by Crippen LogP contribution is 2.05. The fourth-order valence-corrected chi connectivity index (χ4v) is 2.28. The Labute approximate surface area is 129 Å². The van der Waals surface area contributed by atoms with Crippen LogP contribution in [0.1, 0.15) is 31.4 Å². The zero-order valence-electron chi connectivity index (χ0n) is 13.9. The van der Waals surface area contributed by atoms with Gasteiger partial charge >= 0.3 is 0 Å². The van der Waals surface area contributed by atoms with E-state index in [2.05, 4.69) is 65.6 Å². The van der Waals surface area contributed by atoms with Gasteiger partial charge in [-0.25, -0.2) is 0 Å². The molecule has 118 valence electrons. The second-order valence-electron chi connectivity index (χ2n) is 5.21. The van der Waals surface area contributed by atoms with Crippen molar-refractivity contribution >= 4 is 5.96 Å². The van der Waals surface area contributed by atoms with Crippen LogP contribution in [0.2, 0.25) is 0 Å². The fraction of sp³-hybridized carbons (Fsp3) is 0.588. The zero-order valence-corrected chi connectivity index (χ0v) is 13.9. The van der Waals surface area contributed by atoms with Crippen LogP contribution in [0.4, 0.5) is 0 Å². The number of rotatable bonds is 8. The van der Waals surface area contributed by atoms with Crippen molar-refractivity contribution < 1.29 is 0 Å². The molecule has 0 saturated carbocycles. The summed E-state index contributed by atoms with van der Waals surface area (Å²) in [7, 11) is 1.82. The number of aliphatic imine (C=N–C) groups is 1. The van der Waals surface area contributed by atoms with Crippen molar-refractivity contribution in [3.8, 4) is 0 Å². The number of nitrogens with zero attached hydrogens (tertiary/aromatic N) is 2. The van der Waals surface area contributed by atoms with E-state index in [0.29, 0.717) is 0 Å². The molecule has 1 aromatic carbocycles. The average Bonchev–Trinajstić information content (AvgIpc) is 2.51. The molecule has 0 aliphatic carbocycles. The zero-order chi connectivity index (χ0) is 15.5. The lowest BCUT2D eigenvalue weighted by atomic mass is 10.1. The molecule has 4 heteroatoms. The third-order valence-electron chi connectivity index (χ3n) is 3.64. The third kappa shape index (κ3) is 6.63. The van der Waals surface area contributed by atoms with Gasteiger partial charge in [0.05, 0.1) is 0 Å². The summed E-state index contributed by atoms with van der Waals surface area (Å²) in [6.45, 7) is 11.6. The van der Waals surface area contributed by atoms with Crippen LogP contribution >= 0.6 is 0 Å². The second kappa shape index (κ2) is 10.2. The van der Waals surface area contributed by atoms with Crippen molar-refractivity contribution in [2.45, 2.75) is 33.7 Å². The van der Waals surface area contributed by atoms with Crippen molar-refractivity contribution in [2.24, 2.45) is 4.99 Å². The summed E-state index contributed by atoms with van der Waals surface area (Å²) in [5, 5.41) is 6.75. The number of likely N-dealkylation sites (N-methyl/N-ethyl adjacent to an activating group) is 1. The smallest absolute Gasteiger partial charge is 0.191 e. The number of hydrogen-bond donors (Lipinski definition) is 2. The lowest BCUT2D eigenvalue weighted by molar-refractivity contribution is 0.293. The molecular weight excluding hydrogens is 260 g/mol. The minimum atomic E-state index is 0.804. The molecule has 0 bridgehead atoms. The highest BCUT2D eigenvalue weighted by molar-refractivity contribution is 5.79. The molecule has 21 heavy (non-hydrogen) atoms. The first-order chi connectivity index (χ1) is 10.2. The van der Waals surface area contributed by atoms with Crippen LogP contribution in [0.5, 0.6) is 0 Å². The first kappa shape index (κ1) is 17.5. The Balaban J connectivity index is 2.34. The van der Waals surface area contributed by atoms with Gasteiger partial charge in [-0.1, -0.05) is 38.1 Å². The summed E-state index contributed by atoms with van der Waals surface area (Å²) in [6, 6.07) is 8.43. The molecule has 0 atom stereocenters. The van der Waals surface area contributed by atoms with Gasteiger partial charge in [-0.15, -0.1) is 0 Å². The molecule has 0 amide bonds. The van der Waals surface area contributed by atoms with Crippen LogP contribution in [0, 0.1) is 6.92 Å². The molecule has 4 nitrogen and oxygen atoms in total. The maximum absolute atomic E-state index is 4.28. The largest absolute Gasteiger partial charge is 0.355 e. The maximum Gasteiger partial charge on any atom is 0.191 e. The SMILES string of the molecule is CCCN(CC)CCNC(=NC)NCc1ccccc1C. The Bertz CT molecular complexity index is 429. The summed E-state index contributed by atoms with van der Waals surface area (Å²) < 4.78 is 0. The van der Waals surface area contributed by atoms with Gasteiger partial charge in [0.1, 0.15) is 0 Å². The van der Waals surface area contributed by atoms with E-state index in [0.717, 1.165) is 38.7 Å². The quantitative estimate of drug-likeness (QED) is 0.570. The summed E-state index contributed by atoms with van der Waals surface area (Å²) in [6.07, 6.45) is 1.20. The van der Waals surface area contributed by atoms with Crippen LogP contribution in [0.25, 0.3) is 0 Å². The highest BCUT2D eigenvalue weighted by Gasteiger charge is 2.03. The standard InChI is InChI=1S/C17H30N4/c1-5-12-21(6-2)13-11-19-17(18-4)20-14-16-10-8-7-9-15(16)3/h7-10H,5-6,11-14H2,1-4H3,(H2,18,19,20). The molecule has 0 radical (unpaired) electrons. The van der Waals surface area contributed by atoms with Crippen LogP contribution in [-0.4, -0.2) is 44.1 Å². The molecule has 0 aliphatic heterocycles. The van der Waals surface area contributed by atoms with Gasteiger partial charge in [0, 0.05) is 26.7 Å². The molecule has 0 fully saturated rings. The van der Waals surface area contributed by atoms with Gasteiger partial charge in [-0.2, -0.15) is 0 Å². The first-order valence-corrected chi connectivity index (χ1v) is 7.92. The third-order valence-corrected chi connectivity index (χ3v) is 3.64. The summed E-state index contributed by atoms with van der Waals surface area (Å²) in [4.78, 5) is 6.72. The van der Waals surface area contributed by atoms with Crippen LogP contribution < -0.4 is 10.6 Å². The predicted molar refractivity (Wildman–Crippen MR) is 91.8 cm³/mol. The van der Waals surface area contributed by atoms with Crippen LogP contribution in [0.15, 0.2) is 29.3 Å². The predicted octanol–water partition coefficient (Wildman–Crippen LogP) is 2.39. The maximum atomic E-state index is 4.28. The molecule has 1 rings (SSSR count). The lowest BCUT2D eigenvalue weighted by Gasteiger charge is -2.20. The molecular formula is C17H30N4. The van der Waals surface area contributed by atoms with E-state index in [4.69, 9.17) is 0 Å². The van der Waals surface area contributed by atoms with E-state index in [1.165, 1.54) is 17.5 Å².